The molecule has 44 heavy (non-hydrogen) atoms. The first-order valence-electron chi connectivity index (χ1n) is 15.4. The third-order valence-corrected chi connectivity index (χ3v) is 11.9. The Morgan fingerprint density at radius 2 is 1.80 bits per heavy atom. The van der Waals surface area contributed by atoms with Crippen molar-refractivity contribution in [2.75, 3.05) is 24.6 Å². The topological polar surface area (TPSA) is 81.2 Å². The van der Waals surface area contributed by atoms with Gasteiger partial charge in [0.25, 0.3) is 5.91 Å². The number of hydrogen-bond acceptors (Lipinski definition) is 5. The van der Waals surface area contributed by atoms with Gasteiger partial charge in [0.2, 0.25) is 11.8 Å². The van der Waals surface area contributed by atoms with Crippen LogP contribution < -0.4 is 4.90 Å². The fourth-order valence-electron chi connectivity index (χ4n) is 7.45. The second kappa shape index (κ2) is 13.5. The normalized spacial score (nSPS) is 26.6. The van der Waals surface area contributed by atoms with E-state index >= 15 is 0 Å². The first-order valence-corrected chi connectivity index (χ1v) is 16.7. The summed E-state index contributed by atoms with van der Waals surface area (Å²) in [6.07, 6.45) is 5.50. The van der Waals surface area contributed by atoms with E-state index in [-0.39, 0.29) is 42.0 Å². The first kappa shape index (κ1) is 32.3. The van der Waals surface area contributed by atoms with E-state index in [4.69, 9.17) is 11.6 Å². The lowest BCUT2D eigenvalue weighted by molar-refractivity contribution is -0.146. The zero-order valence-corrected chi connectivity index (χ0v) is 27.1. The molecule has 5 rings (SSSR count). The molecule has 2 aromatic rings. The van der Waals surface area contributed by atoms with E-state index in [0.29, 0.717) is 30.2 Å². The largest absolute Gasteiger partial charge is 0.394 e. The summed E-state index contributed by atoms with van der Waals surface area (Å²) >= 11 is 7.81. The number of benzene rings is 2. The molecule has 0 aromatic heterocycles. The molecule has 1 N–H and O–H groups in total. The molecule has 7 nitrogen and oxygen atoms in total. The number of nitrogens with zero attached hydrogens (tertiary/aromatic N) is 3. The lowest BCUT2D eigenvalue weighted by Crippen LogP contribution is -2.58. The van der Waals surface area contributed by atoms with Crippen LogP contribution in [-0.4, -0.2) is 74.4 Å². The maximum absolute atomic E-state index is 14.8. The van der Waals surface area contributed by atoms with E-state index in [1.807, 2.05) is 44.2 Å². The van der Waals surface area contributed by atoms with Crippen LogP contribution in [0.5, 0.6) is 0 Å². The van der Waals surface area contributed by atoms with E-state index in [1.165, 1.54) is 0 Å². The number of hydrogen-bond donors (Lipinski definition) is 1. The molecule has 7 atom stereocenters. The quantitative estimate of drug-likeness (QED) is 0.291. The lowest BCUT2D eigenvalue weighted by atomic mass is 9.70. The Balaban J connectivity index is 1.58. The molecule has 3 fully saturated rings. The molecule has 3 aliphatic rings. The predicted octanol–water partition coefficient (Wildman–Crippen LogP) is 5.57. The van der Waals surface area contributed by atoms with Gasteiger partial charge in [0.05, 0.1) is 29.2 Å². The van der Waals surface area contributed by atoms with Gasteiger partial charge in [-0.25, -0.2) is 0 Å². The highest BCUT2D eigenvalue weighted by Gasteiger charge is 2.74. The number of likely N-dealkylation sites (tertiary alicyclic amines) is 1. The van der Waals surface area contributed by atoms with Gasteiger partial charge in [-0.1, -0.05) is 74.4 Å². The molecule has 3 heterocycles. The fourth-order valence-corrected chi connectivity index (χ4v) is 9.77. The number of carbonyl (C=O) groups is 3. The Hall–Kier alpha value is -3.07. The summed E-state index contributed by atoms with van der Waals surface area (Å²) in [5, 5.41) is 11.2. The summed E-state index contributed by atoms with van der Waals surface area (Å²) in [6.45, 7) is 12.6. The van der Waals surface area contributed by atoms with Crippen molar-refractivity contribution in [2.24, 2.45) is 17.8 Å². The highest BCUT2D eigenvalue weighted by molar-refractivity contribution is 8.02. The Labute approximate surface area is 269 Å². The maximum atomic E-state index is 14.8. The van der Waals surface area contributed by atoms with Crippen LogP contribution in [0.15, 0.2) is 79.9 Å². The number of aliphatic hydroxyl groups excluding tert-OH is 1. The third-order valence-electron chi connectivity index (χ3n) is 9.70. The van der Waals surface area contributed by atoms with Crippen molar-refractivity contribution in [1.82, 2.24) is 9.80 Å². The molecule has 3 aliphatic heterocycles. The van der Waals surface area contributed by atoms with E-state index in [9.17, 15) is 19.5 Å². The Morgan fingerprint density at radius 3 is 2.41 bits per heavy atom. The number of rotatable bonds is 13. The van der Waals surface area contributed by atoms with Gasteiger partial charge in [-0.15, -0.1) is 24.9 Å². The number of thioether (sulfide) groups is 1. The molecule has 0 aliphatic carbocycles. The van der Waals surface area contributed by atoms with Crippen LogP contribution in [-0.2, 0) is 20.9 Å². The molecule has 2 bridgehead atoms. The van der Waals surface area contributed by atoms with Crippen LogP contribution in [0.4, 0.5) is 5.69 Å². The van der Waals surface area contributed by atoms with Crippen molar-refractivity contribution >= 4 is 46.8 Å². The maximum Gasteiger partial charge on any atom is 0.251 e. The lowest BCUT2D eigenvalue weighted by Gasteiger charge is -2.41. The Kier molecular flexibility index (Phi) is 9.93. The predicted molar refractivity (Wildman–Crippen MR) is 177 cm³/mol. The Morgan fingerprint density at radius 1 is 1.11 bits per heavy atom. The van der Waals surface area contributed by atoms with Gasteiger partial charge in [-0.3, -0.25) is 14.4 Å². The first-order chi connectivity index (χ1) is 21.2. The SMILES string of the molecule is C=CCN(Cc1ccccc1)C(=O)[C@@H]1[C@@H]2CCC3(S2)C(C(=O)N(CC=C)c2ccc(Cl)cc2)N([C@@H](CO)[C@@H](C)CC)C(=O)[C@H]13. The Bertz CT molecular complexity index is 1390. The average Bonchev–Trinajstić information content (AvgIpc) is 3.68. The summed E-state index contributed by atoms with van der Waals surface area (Å²) in [5.74, 6) is -1.79. The number of fused-ring (bicyclic) bond motifs is 1. The fraction of sp³-hybridized carbons (Fsp3) is 0.457. The van der Waals surface area contributed by atoms with Gasteiger partial charge in [-0.2, -0.15) is 0 Å². The van der Waals surface area contributed by atoms with Crippen molar-refractivity contribution in [3.8, 4) is 0 Å². The van der Waals surface area contributed by atoms with Crippen LogP contribution in [0.3, 0.4) is 0 Å². The molecule has 3 saturated heterocycles. The molecular formula is C35H42ClN3O4S. The minimum atomic E-state index is -0.837. The van der Waals surface area contributed by atoms with Crippen molar-refractivity contribution in [2.45, 2.75) is 61.7 Å². The minimum Gasteiger partial charge on any atom is -0.394 e. The summed E-state index contributed by atoms with van der Waals surface area (Å²) in [4.78, 5) is 49.1. The van der Waals surface area contributed by atoms with Crippen LogP contribution in [0.2, 0.25) is 5.02 Å². The summed E-state index contributed by atoms with van der Waals surface area (Å²) in [5.41, 5.74) is 1.65. The zero-order valence-electron chi connectivity index (χ0n) is 25.5. The van der Waals surface area contributed by atoms with Gasteiger partial charge in [0.15, 0.2) is 0 Å². The molecule has 2 aromatic carbocycles. The van der Waals surface area contributed by atoms with Gasteiger partial charge in [-0.05, 0) is 48.6 Å². The van der Waals surface area contributed by atoms with Crippen molar-refractivity contribution in [1.29, 1.82) is 0 Å². The molecule has 1 spiro atoms. The molecule has 9 heteroatoms. The van der Waals surface area contributed by atoms with Crippen molar-refractivity contribution in [3.63, 3.8) is 0 Å². The third kappa shape index (κ3) is 5.61. The number of amides is 3. The molecule has 2 unspecified atom stereocenters. The number of halogens is 1. The van der Waals surface area contributed by atoms with Gasteiger partial charge in [0.1, 0.15) is 6.04 Å². The van der Waals surface area contributed by atoms with Crippen LogP contribution in [0, 0.1) is 17.8 Å². The van der Waals surface area contributed by atoms with Crippen LogP contribution >= 0.6 is 23.4 Å². The number of carbonyl (C=O) groups excluding carboxylic acids is 3. The van der Waals surface area contributed by atoms with Crippen molar-refractivity contribution < 1.29 is 19.5 Å². The molecule has 234 valence electrons. The molecule has 0 saturated carbocycles. The molecule has 3 amide bonds. The average molecular weight is 636 g/mol. The molecular weight excluding hydrogens is 594 g/mol. The van der Waals surface area contributed by atoms with Gasteiger partial charge >= 0.3 is 0 Å². The summed E-state index contributed by atoms with van der Waals surface area (Å²) in [6, 6.07) is 15.5. The van der Waals surface area contributed by atoms with Gasteiger partial charge in [0, 0.05) is 35.6 Å². The van der Waals surface area contributed by atoms with E-state index in [1.54, 1.807) is 62.9 Å². The highest BCUT2D eigenvalue weighted by atomic mass is 35.5. The monoisotopic (exact) mass is 635 g/mol. The number of anilines is 1. The van der Waals surface area contributed by atoms with E-state index < -0.39 is 28.7 Å². The van der Waals surface area contributed by atoms with Gasteiger partial charge < -0.3 is 19.8 Å². The zero-order chi connectivity index (χ0) is 31.6. The highest BCUT2D eigenvalue weighted by Crippen LogP contribution is 2.67. The minimum absolute atomic E-state index is 0.0513. The second-order valence-corrected chi connectivity index (χ2v) is 14.2. The second-order valence-electron chi connectivity index (χ2n) is 12.1. The standard InChI is InChI=1S/C35H42ClN3O4S/c1-5-19-37(21-24-11-9-8-10-12-24)32(41)29-28-17-18-35(44-28)30(29)33(42)39(27(22-40)23(4)7-3)31(35)34(43)38(20-6-2)26-15-13-25(36)14-16-26/h5-6,8-16,23,27-31,40H,1-2,7,17-22H2,3-4H3/t23-,27-,28-,29+,30-,31?,35?/m0/s1. The van der Waals surface area contributed by atoms with Crippen molar-refractivity contribution in [3.05, 3.63) is 90.5 Å². The number of aliphatic hydroxyl groups is 1. The summed E-state index contributed by atoms with van der Waals surface area (Å²) < 4.78 is -0.779. The molecule has 0 radical (unpaired) electrons. The van der Waals surface area contributed by atoms with E-state index in [0.717, 1.165) is 18.4 Å². The summed E-state index contributed by atoms with van der Waals surface area (Å²) in [7, 11) is 0. The van der Waals surface area contributed by atoms with Crippen LogP contribution in [0.25, 0.3) is 0 Å². The van der Waals surface area contributed by atoms with E-state index in [2.05, 4.69) is 13.2 Å². The smallest absolute Gasteiger partial charge is 0.251 e. The van der Waals surface area contributed by atoms with Crippen LogP contribution in [0.1, 0.15) is 38.7 Å².